The van der Waals surface area contributed by atoms with Crippen molar-refractivity contribution in [3.63, 3.8) is 0 Å². The second-order valence-electron chi connectivity index (χ2n) is 10.5. The van der Waals surface area contributed by atoms with E-state index in [9.17, 15) is 0 Å². The maximum atomic E-state index is 2.39. The van der Waals surface area contributed by atoms with Gasteiger partial charge < -0.3 is 0 Å². The minimum absolute atomic E-state index is 1.23. The van der Waals surface area contributed by atoms with Crippen molar-refractivity contribution in [2.45, 2.75) is 0 Å². The van der Waals surface area contributed by atoms with Crippen LogP contribution in [0.15, 0.2) is 158 Å². The first-order valence-electron chi connectivity index (χ1n) is 13.9. The fourth-order valence-corrected chi connectivity index (χ4v) is 6.29. The smallest absolute Gasteiger partial charge is 0.00259 e. The highest BCUT2D eigenvalue weighted by Crippen LogP contribution is 2.42. The van der Waals surface area contributed by atoms with Gasteiger partial charge in [0.25, 0.3) is 0 Å². The van der Waals surface area contributed by atoms with Crippen LogP contribution in [0.2, 0.25) is 0 Å². The van der Waals surface area contributed by atoms with Crippen molar-refractivity contribution in [2.24, 2.45) is 0 Å². The molecule has 0 aromatic heterocycles. The van der Waals surface area contributed by atoms with Crippen LogP contribution in [0.4, 0.5) is 0 Å². The predicted molar refractivity (Wildman–Crippen MR) is 173 cm³/mol. The molecule has 8 aromatic carbocycles. The Kier molecular flexibility index (Phi) is 5.24. The van der Waals surface area contributed by atoms with E-state index in [4.69, 9.17) is 0 Å². The summed E-state index contributed by atoms with van der Waals surface area (Å²) in [6.45, 7) is 0. The van der Waals surface area contributed by atoms with E-state index in [0.29, 0.717) is 0 Å². The van der Waals surface area contributed by atoms with E-state index < -0.39 is 0 Å². The third kappa shape index (κ3) is 3.69. The summed E-state index contributed by atoms with van der Waals surface area (Å²) in [7, 11) is 0. The van der Waals surface area contributed by atoms with Crippen molar-refractivity contribution >= 4 is 43.1 Å². The summed E-state index contributed by atoms with van der Waals surface area (Å²) in [6.07, 6.45) is 0. The van der Waals surface area contributed by atoms with Crippen LogP contribution in [-0.4, -0.2) is 0 Å². The molecule has 0 fully saturated rings. The lowest BCUT2D eigenvalue weighted by Crippen LogP contribution is -1.89. The Morgan fingerprint density at radius 3 is 1.38 bits per heavy atom. The van der Waals surface area contributed by atoms with E-state index in [0.717, 1.165) is 0 Å². The molecule has 0 N–H and O–H groups in total. The van der Waals surface area contributed by atoms with Crippen LogP contribution in [0, 0.1) is 0 Å². The Morgan fingerprint density at radius 1 is 0.250 bits per heavy atom. The number of rotatable bonds is 3. The molecule has 0 aliphatic carbocycles. The van der Waals surface area contributed by atoms with Gasteiger partial charge in [-0.25, -0.2) is 0 Å². The molecule has 0 spiro atoms. The lowest BCUT2D eigenvalue weighted by molar-refractivity contribution is 1.62. The number of benzene rings is 8. The Hall–Kier alpha value is -5.20. The average molecular weight is 507 g/mol. The molecule has 0 heterocycles. The van der Waals surface area contributed by atoms with E-state index in [1.807, 2.05) is 0 Å². The molecule has 0 atom stereocenters. The van der Waals surface area contributed by atoms with E-state index in [1.165, 1.54) is 76.5 Å². The molecule has 8 rings (SSSR count). The lowest BCUT2D eigenvalue weighted by Gasteiger charge is -2.16. The molecular formula is C40H26. The topological polar surface area (TPSA) is 0 Å². The van der Waals surface area contributed by atoms with E-state index in [1.54, 1.807) is 0 Å². The lowest BCUT2D eigenvalue weighted by atomic mass is 9.87. The molecule has 0 heteroatoms. The van der Waals surface area contributed by atoms with Crippen LogP contribution in [-0.2, 0) is 0 Å². The van der Waals surface area contributed by atoms with Gasteiger partial charge in [-0.05, 0) is 94.7 Å². The van der Waals surface area contributed by atoms with Crippen molar-refractivity contribution in [2.75, 3.05) is 0 Å². The fraction of sp³-hybridized carbons (Fsp3) is 0. The Balaban J connectivity index is 1.34. The molecule has 0 radical (unpaired) electrons. The van der Waals surface area contributed by atoms with Crippen LogP contribution in [0.5, 0.6) is 0 Å². The first-order chi connectivity index (χ1) is 19.8. The minimum atomic E-state index is 1.23. The van der Waals surface area contributed by atoms with Gasteiger partial charge in [-0.1, -0.05) is 140 Å². The summed E-state index contributed by atoms with van der Waals surface area (Å²) in [5.74, 6) is 0. The number of hydrogen-bond acceptors (Lipinski definition) is 0. The summed E-state index contributed by atoms with van der Waals surface area (Å²) in [5.41, 5.74) is 7.50. The van der Waals surface area contributed by atoms with Crippen LogP contribution < -0.4 is 0 Å². The van der Waals surface area contributed by atoms with Crippen molar-refractivity contribution in [1.82, 2.24) is 0 Å². The molecular weight excluding hydrogens is 480 g/mol. The van der Waals surface area contributed by atoms with Crippen LogP contribution >= 0.6 is 0 Å². The first kappa shape index (κ1) is 22.8. The normalized spacial score (nSPS) is 11.5. The fourth-order valence-electron chi connectivity index (χ4n) is 6.29. The summed E-state index contributed by atoms with van der Waals surface area (Å²) < 4.78 is 0. The first-order valence-corrected chi connectivity index (χ1v) is 13.9. The Labute approximate surface area is 233 Å². The van der Waals surface area contributed by atoms with Gasteiger partial charge in [0.15, 0.2) is 0 Å². The minimum Gasteiger partial charge on any atom is -0.0622 e. The molecule has 0 bridgehead atoms. The third-order valence-corrected chi connectivity index (χ3v) is 8.22. The molecule has 0 nitrogen and oxygen atoms in total. The van der Waals surface area contributed by atoms with Crippen molar-refractivity contribution in [3.05, 3.63) is 158 Å². The Morgan fingerprint density at radius 2 is 0.725 bits per heavy atom. The maximum absolute atomic E-state index is 2.39. The van der Waals surface area contributed by atoms with Gasteiger partial charge >= 0.3 is 0 Å². The predicted octanol–water partition coefficient (Wildman–Crippen LogP) is 11.3. The molecule has 0 aliphatic rings. The molecule has 0 aliphatic heterocycles. The Bertz CT molecular complexity index is 2190. The standard InChI is InChI=1S/C40H26/c1-2-11-29(12-3-1)38-25-33-26-39(35-15-7-9-17-37(35)40(33)36-16-8-6-14-34(36)38)30-21-18-28(19-22-30)32-23-20-27-10-4-5-13-31(27)24-32/h1-26H. The molecule has 8 aromatic rings. The van der Waals surface area contributed by atoms with Crippen LogP contribution in [0.1, 0.15) is 0 Å². The van der Waals surface area contributed by atoms with Crippen molar-refractivity contribution in [3.8, 4) is 33.4 Å². The van der Waals surface area contributed by atoms with Crippen LogP contribution in [0.3, 0.4) is 0 Å². The summed E-state index contributed by atoms with van der Waals surface area (Å²) in [5, 5.41) is 10.3. The highest BCUT2D eigenvalue weighted by Gasteiger charge is 2.14. The zero-order valence-corrected chi connectivity index (χ0v) is 22.0. The zero-order chi connectivity index (χ0) is 26.5. The van der Waals surface area contributed by atoms with E-state index in [2.05, 4.69) is 158 Å². The van der Waals surface area contributed by atoms with Crippen LogP contribution in [0.25, 0.3) is 76.5 Å². The van der Waals surface area contributed by atoms with Crippen molar-refractivity contribution < 1.29 is 0 Å². The second kappa shape index (κ2) is 9.22. The maximum Gasteiger partial charge on any atom is -0.00259 e. The van der Waals surface area contributed by atoms with Gasteiger partial charge in [-0.3, -0.25) is 0 Å². The zero-order valence-electron chi connectivity index (χ0n) is 22.0. The van der Waals surface area contributed by atoms with Gasteiger partial charge in [-0.15, -0.1) is 0 Å². The third-order valence-electron chi connectivity index (χ3n) is 8.22. The number of hydrogen-bond donors (Lipinski definition) is 0. The summed E-state index contributed by atoms with van der Waals surface area (Å²) in [6, 6.07) is 57.5. The molecule has 40 heavy (non-hydrogen) atoms. The van der Waals surface area contributed by atoms with Gasteiger partial charge in [0.05, 0.1) is 0 Å². The SMILES string of the molecule is c1ccc(-c2cc3cc(-c4ccc(-c5ccc6ccccc6c5)cc4)c4ccccc4c3c3ccccc23)cc1. The molecule has 0 saturated heterocycles. The van der Waals surface area contributed by atoms with Gasteiger partial charge in [-0.2, -0.15) is 0 Å². The molecule has 0 amide bonds. The van der Waals surface area contributed by atoms with Gasteiger partial charge in [0.1, 0.15) is 0 Å². The van der Waals surface area contributed by atoms with Gasteiger partial charge in [0, 0.05) is 0 Å². The molecule has 186 valence electrons. The quantitative estimate of drug-likeness (QED) is 0.209. The largest absolute Gasteiger partial charge is 0.0622 e. The van der Waals surface area contributed by atoms with Crippen molar-refractivity contribution in [1.29, 1.82) is 0 Å². The monoisotopic (exact) mass is 506 g/mol. The average Bonchev–Trinajstić information content (AvgIpc) is 3.04. The van der Waals surface area contributed by atoms with E-state index >= 15 is 0 Å². The summed E-state index contributed by atoms with van der Waals surface area (Å²) >= 11 is 0. The highest BCUT2D eigenvalue weighted by atomic mass is 14.2. The molecule has 0 unspecified atom stereocenters. The highest BCUT2D eigenvalue weighted by molar-refractivity contribution is 6.25. The second-order valence-corrected chi connectivity index (χ2v) is 10.5. The summed E-state index contributed by atoms with van der Waals surface area (Å²) in [4.78, 5) is 0. The number of fused-ring (bicyclic) bond motifs is 6. The van der Waals surface area contributed by atoms with E-state index in [-0.39, 0.29) is 0 Å². The van der Waals surface area contributed by atoms with Gasteiger partial charge in [0.2, 0.25) is 0 Å². The molecule has 0 saturated carbocycles.